The third kappa shape index (κ3) is 5.58. The van der Waals surface area contributed by atoms with Crippen LogP contribution in [0.1, 0.15) is 60.8 Å². The number of fused-ring (bicyclic) bond motifs is 1. The molecule has 0 radical (unpaired) electrons. The molecular formula is C30H28ClFN8. The number of aromatic nitrogens is 5. The van der Waals surface area contributed by atoms with Crippen molar-refractivity contribution in [3.8, 4) is 6.07 Å². The number of nitrogens with one attached hydrogen (secondary N) is 2. The third-order valence-corrected chi connectivity index (χ3v) is 7.09. The van der Waals surface area contributed by atoms with E-state index in [1.807, 2.05) is 36.4 Å². The van der Waals surface area contributed by atoms with Crippen LogP contribution in [0, 0.1) is 11.3 Å². The maximum Gasteiger partial charge on any atom is 0.112 e. The zero-order valence-corrected chi connectivity index (χ0v) is 22.8. The number of pyridine rings is 2. The normalized spacial score (nSPS) is 13.4. The molecule has 3 heterocycles. The summed E-state index contributed by atoms with van der Waals surface area (Å²) in [6.45, 7) is 3.27. The third-order valence-electron chi connectivity index (χ3n) is 6.80. The highest BCUT2D eigenvalue weighted by molar-refractivity contribution is 6.35. The van der Waals surface area contributed by atoms with E-state index < -0.39 is 18.8 Å². The van der Waals surface area contributed by atoms with E-state index >= 15 is 0 Å². The summed E-state index contributed by atoms with van der Waals surface area (Å²) in [7, 11) is 0. The van der Waals surface area contributed by atoms with E-state index in [2.05, 4.69) is 56.0 Å². The van der Waals surface area contributed by atoms with Crippen LogP contribution in [-0.4, -0.2) is 31.6 Å². The lowest BCUT2D eigenvalue weighted by molar-refractivity contribution is 0.351. The Morgan fingerprint density at radius 3 is 2.58 bits per heavy atom. The lowest BCUT2D eigenvalue weighted by Gasteiger charge is -2.22. The van der Waals surface area contributed by atoms with E-state index in [4.69, 9.17) is 11.6 Å². The van der Waals surface area contributed by atoms with E-state index in [0.29, 0.717) is 38.6 Å². The zero-order valence-electron chi connectivity index (χ0n) is 22.1. The van der Waals surface area contributed by atoms with Crippen molar-refractivity contribution >= 4 is 33.9 Å². The summed E-state index contributed by atoms with van der Waals surface area (Å²) in [6, 6.07) is 18.9. The Balaban J connectivity index is 1.59. The van der Waals surface area contributed by atoms with Crippen LogP contribution in [0.3, 0.4) is 0 Å². The van der Waals surface area contributed by atoms with Crippen molar-refractivity contribution in [2.45, 2.75) is 38.4 Å². The van der Waals surface area contributed by atoms with Gasteiger partial charge in [0.15, 0.2) is 0 Å². The summed E-state index contributed by atoms with van der Waals surface area (Å²) in [6.07, 6.45) is 7.52. The van der Waals surface area contributed by atoms with Crippen LogP contribution in [0.2, 0.25) is 5.02 Å². The number of halogens is 2. The minimum Gasteiger partial charge on any atom is -0.377 e. The number of nitriles is 1. The molecule has 0 aliphatic rings. The van der Waals surface area contributed by atoms with Gasteiger partial charge in [0.05, 0.1) is 46.1 Å². The highest BCUT2D eigenvalue weighted by Crippen LogP contribution is 2.37. The quantitative estimate of drug-likeness (QED) is 0.191. The molecule has 0 saturated heterocycles. The summed E-state index contributed by atoms with van der Waals surface area (Å²) < 4.78 is 14.8. The molecule has 0 fully saturated rings. The topological polar surface area (TPSA) is 104 Å². The van der Waals surface area contributed by atoms with Crippen LogP contribution in [0.25, 0.3) is 10.9 Å². The Labute approximate surface area is 236 Å². The van der Waals surface area contributed by atoms with Crippen LogP contribution in [0.5, 0.6) is 0 Å². The van der Waals surface area contributed by atoms with Gasteiger partial charge in [0, 0.05) is 29.7 Å². The fraction of sp³-hybridized carbons (Fsp3) is 0.233. The van der Waals surface area contributed by atoms with Crippen LogP contribution >= 0.6 is 11.6 Å². The molecule has 3 aromatic heterocycles. The molecule has 0 spiro atoms. The Morgan fingerprint density at radius 2 is 1.88 bits per heavy atom. The summed E-state index contributed by atoms with van der Waals surface area (Å²) in [5.74, 6) is 0. The fourth-order valence-corrected chi connectivity index (χ4v) is 4.88. The number of rotatable bonds is 10. The van der Waals surface area contributed by atoms with Gasteiger partial charge >= 0.3 is 0 Å². The molecule has 0 aliphatic heterocycles. The molecule has 0 saturated carbocycles. The monoisotopic (exact) mass is 554 g/mol. The van der Waals surface area contributed by atoms with Gasteiger partial charge in [-0.05, 0) is 42.7 Å². The predicted molar refractivity (Wildman–Crippen MR) is 155 cm³/mol. The predicted octanol–water partition coefficient (Wildman–Crippen LogP) is 7.04. The Kier molecular flexibility index (Phi) is 8.18. The molecular weight excluding hydrogens is 527 g/mol. The lowest BCUT2D eigenvalue weighted by Crippen LogP contribution is -2.14. The van der Waals surface area contributed by atoms with Crippen LogP contribution in [0.15, 0.2) is 79.4 Å². The van der Waals surface area contributed by atoms with Gasteiger partial charge in [-0.2, -0.15) is 5.26 Å². The van der Waals surface area contributed by atoms with Crippen LogP contribution in [0.4, 0.5) is 15.8 Å². The van der Waals surface area contributed by atoms with Crippen molar-refractivity contribution in [3.63, 3.8) is 0 Å². The average Bonchev–Trinajstić information content (AvgIpc) is 3.49. The van der Waals surface area contributed by atoms with Gasteiger partial charge in [0.2, 0.25) is 0 Å². The van der Waals surface area contributed by atoms with Gasteiger partial charge in [-0.15, -0.1) is 5.10 Å². The van der Waals surface area contributed by atoms with Gasteiger partial charge in [0.25, 0.3) is 0 Å². The summed E-state index contributed by atoms with van der Waals surface area (Å²) >= 11 is 6.76. The van der Waals surface area contributed by atoms with E-state index in [0.717, 1.165) is 17.5 Å². The summed E-state index contributed by atoms with van der Waals surface area (Å²) in [4.78, 5) is 8.76. The van der Waals surface area contributed by atoms with Gasteiger partial charge in [-0.3, -0.25) is 9.97 Å². The van der Waals surface area contributed by atoms with Crippen molar-refractivity contribution in [1.29, 1.82) is 5.26 Å². The minimum atomic E-state index is -0.556. The number of benzene rings is 2. The molecule has 0 aliphatic carbocycles. The molecule has 1 unspecified atom stereocenters. The second-order valence-electron chi connectivity index (χ2n) is 9.52. The molecule has 2 aromatic carbocycles. The fourth-order valence-electron chi connectivity index (χ4n) is 4.61. The molecule has 8 nitrogen and oxygen atoms in total. The van der Waals surface area contributed by atoms with E-state index in [1.54, 1.807) is 37.8 Å². The van der Waals surface area contributed by atoms with Crippen molar-refractivity contribution in [1.82, 2.24) is 25.0 Å². The number of nitrogens with zero attached hydrogens (tertiary/aromatic N) is 6. The first kappa shape index (κ1) is 27.0. The Hall–Kier alpha value is -4.55. The van der Waals surface area contributed by atoms with E-state index in [9.17, 15) is 9.65 Å². The molecule has 202 valence electrons. The van der Waals surface area contributed by atoms with Crippen LogP contribution < -0.4 is 10.6 Å². The van der Waals surface area contributed by atoms with Crippen molar-refractivity contribution < 1.29 is 4.39 Å². The maximum absolute atomic E-state index is 13.3. The summed E-state index contributed by atoms with van der Waals surface area (Å²) in [5.41, 5.74) is 4.90. The first-order valence-electron chi connectivity index (χ1n) is 13.0. The second kappa shape index (κ2) is 12.1. The number of hydrogen-bond acceptors (Lipinski definition) is 7. The van der Waals surface area contributed by atoms with E-state index in [-0.39, 0.29) is 6.04 Å². The van der Waals surface area contributed by atoms with Gasteiger partial charge in [-0.1, -0.05) is 60.1 Å². The van der Waals surface area contributed by atoms with E-state index in [1.165, 1.54) is 4.68 Å². The Bertz CT molecular complexity index is 1630. The first-order valence-corrected chi connectivity index (χ1v) is 13.4. The molecule has 40 heavy (non-hydrogen) atoms. The SMILES string of the molecule is CC[C@@H](Nc1c(C#N)cnc2c(Cl)cc(N[C@@H](c3cccnc3)c3cn(C(C)CF)nn3)cc12)c1ccccc1. The van der Waals surface area contributed by atoms with Crippen molar-refractivity contribution in [2.24, 2.45) is 0 Å². The summed E-state index contributed by atoms with van der Waals surface area (Å²) in [5, 5.41) is 26.6. The molecule has 0 bridgehead atoms. The van der Waals surface area contributed by atoms with Crippen LogP contribution in [-0.2, 0) is 0 Å². The molecule has 3 atom stereocenters. The zero-order chi connectivity index (χ0) is 28.1. The Morgan fingerprint density at radius 1 is 1.07 bits per heavy atom. The lowest BCUT2D eigenvalue weighted by atomic mass is 10.0. The smallest absolute Gasteiger partial charge is 0.112 e. The largest absolute Gasteiger partial charge is 0.377 e. The molecule has 0 amide bonds. The highest BCUT2D eigenvalue weighted by Gasteiger charge is 2.22. The molecule has 10 heteroatoms. The molecule has 5 rings (SSSR count). The second-order valence-corrected chi connectivity index (χ2v) is 9.93. The van der Waals surface area contributed by atoms with Gasteiger partial charge < -0.3 is 10.6 Å². The van der Waals surface area contributed by atoms with Crippen molar-refractivity contribution in [2.75, 3.05) is 17.3 Å². The number of hydrogen-bond donors (Lipinski definition) is 2. The highest BCUT2D eigenvalue weighted by atomic mass is 35.5. The first-order chi connectivity index (χ1) is 19.5. The van der Waals surface area contributed by atoms with Gasteiger partial charge in [-0.25, -0.2) is 9.07 Å². The maximum atomic E-state index is 13.3. The number of alkyl halides is 1. The minimum absolute atomic E-state index is 0.0232. The average molecular weight is 555 g/mol. The van der Waals surface area contributed by atoms with Crippen molar-refractivity contribution in [3.05, 3.63) is 107 Å². The molecule has 2 N–H and O–H groups in total. The number of anilines is 2. The molecule has 5 aromatic rings. The van der Waals surface area contributed by atoms with Gasteiger partial charge in [0.1, 0.15) is 18.4 Å². The standard InChI is InChI=1S/C30H28ClFN8/c1-3-26(20-8-5-4-6-9-20)37-28-22(15-33)17-35-30-24(28)12-23(13-25(30)31)36-29(21-10-7-11-34-16-21)27-18-40(39-38-27)19(2)14-32/h4-13,16-19,26,29,36H,3,14H2,1-2H3,(H,35,37)/t19?,26-,29+/m1/s1.